The van der Waals surface area contributed by atoms with Crippen molar-refractivity contribution in [3.8, 4) is 0 Å². The zero-order valence-corrected chi connectivity index (χ0v) is 12.8. The second-order valence-corrected chi connectivity index (χ2v) is 5.50. The predicted molar refractivity (Wildman–Crippen MR) is 88.7 cm³/mol. The van der Waals surface area contributed by atoms with E-state index in [9.17, 15) is 4.79 Å². The molecule has 3 heteroatoms. The van der Waals surface area contributed by atoms with Crippen LogP contribution in [0, 0.1) is 6.92 Å². The number of hydrogen-bond donors (Lipinski definition) is 0. The van der Waals surface area contributed by atoms with E-state index in [-0.39, 0.29) is 5.91 Å². The molecule has 1 heterocycles. The van der Waals surface area contributed by atoms with Crippen LogP contribution in [0.25, 0.3) is 10.9 Å². The Morgan fingerprint density at radius 2 is 1.91 bits per heavy atom. The number of rotatable bonds is 3. The Hall–Kier alpha value is -2.68. The molecule has 1 aromatic heterocycles. The van der Waals surface area contributed by atoms with Crippen molar-refractivity contribution in [1.29, 1.82) is 0 Å². The lowest BCUT2D eigenvalue weighted by atomic mass is 10.1. The van der Waals surface area contributed by atoms with Crippen LogP contribution in [0.1, 0.15) is 21.5 Å². The molecule has 2 aromatic carbocycles. The lowest BCUT2D eigenvalue weighted by Gasteiger charge is -2.18. The highest BCUT2D eigenvalue weighted by Crippen LogP contribution is 2.16. The van der Waals surface area contributed by atoms with Crippen molar-refractivity contribution in [2.75, 3.05) is 7.05 Å². The van der Waals surface area contributed by atoms with E-state index in [4.69, 9.17) is 0 Å². The molecule has 3 aromatic rings. The lowest BCUT2D eigenvalue weighted by Crippen LogP contribution is -2.26. The first kappa shape index (κ1) is 14.3. The lowest BCUT2D eigenvalue weighted by molar-refractivity contribution is 0.0785. The van der Waals surface area contributed by atoms with Gasteiger partial charge >= 0.3 is 0 Å². The van der Waals surface area contributed by atoms with Crippen molar-refractivity contribution in [3.05, 3.63) is 77.5 Å². The van der Waals surface area contributed by atoms with Crippen molar-refractivity contribution in [1.82, 2.24) is 9.88 Å². The van der Waals surface area contributed by atoms with Gasteiger partial charge in [-0.25, -0.2) is 0 Å². The molecule has 110 valence electrons. The standard InChI is InChI=1S/C19H18N2O/c1-14-6-3-4-7-17(14)13-21(2)19(22)16-9-10-18-15(12-16)8-5-11-20-18/h3-12H,13H2,1-2H3. The van der Waals surface area contributed by atoms with Gasteiger partial charge in [-0.2, -0.15) is 0 Å². The number of nitrogens with zero attached hydrogens (tertiary/aromatic N) is 2. The highest BCUT2D eigenvalue weighted by molar-refractivity contribution is 5.97. The van der Waals surface area contributed by atoms with Gasteiger partial charge in [-0.3, -0.25) is 9.78 Å². The first-order valence-corrected chi connectivity index (χ1v) is 7.30. The molecule has 0 aliphatic rings. The summed E-state index contributed by atoms with van der Waals surface area (Å²) in [5, 5.41) is 0.984. The summed E-state index contributed by atoms with van der Waals surface area (Å²) < 4.78 is 0. The smallest absolute Gasteiger partial charge is 0.253 e. The topological polar surface area (TPSA) is 33.2 Å². The van der Waals surface area contributed by atoms with Gasteiger partial charge in [0.2, 0.25) is 0 Å². The number of fused-ring (bicyclic) bond motifs is 1. The quantitative estimate of drug-likeness (QED) is 0.735. The van der Waals surface area contributed by atoms with E-state index in [0.29, 0.717) is 12.1 Å². The van der Waals surface area contributed by atoms with Crippen molar-refractivity contribution in [2.24, 2.45) is 0 Å². The van der Waals surface area contributed by atoms with E-state index in [2.05, 4.69) is 24.0 Å². The average Bonchev–Trinajstić information content (AvgIpc) is 2.55. The van der Waals surface area contributed by atoms with Gasteiger partial charge in [0, 0.05) is 30.7 Å². The van der Waals surface area contributed by atoms with Crippen molar-refractivity contribution in [2.45, 2.75) is 13.5 Å². The molecule has 0 fully saturated rings. The minimum atomic E-state index is 0.0222. The second-order valence-electron chi connectivity index (χ2n) is 5.50. The highest BCUT2D eigenvalue weighted by atomic mass is 16.2. The molecular weight excluding hydrogens is 272 g/mol. The molecule has 0 radical (unpaired) electrons. The molecule has 0 aliphatic carbocycles. The Kier molecular flexibility index (Phi) is 3.88. The van der Waals surface area contributed by atoms with Gasteiger partial charge in [-0.1, -0.05) is 30.3 Å². The van der Waals surface area contributed by atoms with Gasteiger partial charge in [-0.15, -0.1) is 0 Å². The zero-order valence-electron chi connectivity index (χ0n) is 12.8. The fraction of sp³-hybridized carbons (Fsp3) is 0.158. The minimum Gasteiger partial charge on any atom is -0.337 e. The molecule has 1 amide bonds. The van der Waals surface area contributed by atoms with Crippen LogP contribution in [-0.2, 0) is 6.54 Å². The molecule has 0 unspecified atom stereocenters. The predicted octanol–water partition coefficient (Wildman–Crippen LogP) is 3.82. The maximum atomic E-state index is 12.6. The molecule has 22 heavy (non-hydrogen) atoms. The average molecular weight is 290 g/mol. The van der Waals surface area contributed by atoms with Crippen LogP contribution in [0.2, 0.25) is 0 Å². The fourth-order valence-electron chi connectivity index (χ4n) is 2.54. The normalized spacial score (nSPS) is 10.6. The number of carbonyl (C=O) groups excluding carboxylic acids is 1. The summed E-state index contributed by atoms with van der Waals surface area (Å²) in [6.45, 7) is 2.67. The number of aryl methyl sites for hydroxylation is 1. The second kappa shape index (κ2) is 5.98. The maximum Gasteiger partial charge on any atom is 0.253 e. The molecule has 0 atom stereocenters. The van der Waals surface area contributed by atoms with Crippen LogP contribution in [0.4, 0.5) is 0 Å². The highest BCUT2D eigenvalue weighted by Gasteiger charge is 2.13. The molecule has 0 bridgehead atoms. The number of aromatic nitrogens is 1. The van der Waals surface area contributed by atoms with Gasteiger partial charge in [0.25, 0.3) is 5.91 Å². The van der Waals surface area contributed by atoms with E-state index in [0.717, 1.165) is 10.9 Å². The van der Waals surface area contributed by atoms with Crippen molar-refractivity contribution < 1.29 is 4.79 Å². The van der Waals surface area contributed by atoms with Gasteiger partial charge in [0.15, 0.2) is 0 Å². The van der Waals surface area contributed by atoms with Crippen molar-refractivity contribution in [3.63, 3.8) is 0 Å². The van der Waals surface area contributed by atoms with E-state index in [1.165, 1.54) is 11.1 Å². The van der Waals surface area contributed by atoms with E-state index in [1.54, 1.807) is 11.1 Å². The molecule has 0 saturated heterocycles. The summed E-state index contributed by atoms with van der Waals surface area (Å²) in [4.78, 5) is 18.6. The number of carbonyl (C=O) groups is 1. The maximum absolute atomic E-state index is 12.6. The molecule has 0 aliphatic heterocycles. The molecule has 0 saturated carbocycles. The van der Waals surface area contributed by atoms with E-state index >= 15 is 0 Å². The first-order valence-electron chi connectivity index (χ1n) is 7.30. The summed E-state index contributed by atoms with van der Waals surface area (Å²) in [5.74, 6) is 0.0222. The third-order valence-electron chi connectivity index (χ3n) is 3.87. The fourth-order valence-corrected chi connectivity index (χ4v) is 2.54. The summed E-state index contributed by atoms with van der Waals surface area (Å²) in [6, 6.07) is 17.6. The molecule has 3 rings (SSSR count). The van der Waals surface area contributed by atoms with Crippen LogP contribution in [0.5, 0.6) is 0 Å². The van der Waals surface area contributed by atoms with Gasteiger partial charge in [0.05, 0.1) is 5.52 Å². The van der Waals surface area contributed by atoms with Crippen LogP contribution in [-0.4, -0.2) is 22.8 Å². The molecule has 3 nitrogen and oxygen atoms in total. The Morgan fingerprint density at radius 1 is 1.09 bits per heavy atom. The van der Waals surface area contributed by atoms with Gasteiger partial charge in [-0.05, 0) is 42.3 Å². The first-order chi connectivity index (χ1) is 10.6. The van der Waals surface area contributed by atoms with Crippen LogP contribution < -0.4 is 0 Å². The third kappa shape index (κ3) is 2.84. The van der Waals surface area contributed by atoms with Crippen LogP contribution >= 0.6 is 0 Å². The molecule has 0 N–H and O–H groups in total. The number of amides is 1. The number of pyridine rings is 1. The number of hydrogen-bond acceptors (Lipinski definition) is 2. The Morgan fingerprint density at radius 3 is 2.73 bits per heavy atom. The van der Waals surface area contributed by atoms with Gasteiger partial charge < -0.3 is 4.90 Å². The number of benzene rings is 2. The Bertz CT molecular complexity index is 826. The summed E-state index contributed by atoms with van der Waals surface area (Å²) >= 11 is 0. The van der Waals surface area contributed by atoms with Crippen LogP contribution in [0.3, 0.4) is 0 Å². The third-order valence-corrected chi connectivity index (χ3v) is 3.87. The SMILES string of the molecule is Cc1ccccc1CN(C)C(=O)c1ccc2ncccc2c1. The van der Waals surface area contributed by atoms with Crippen LogP contribution in [0.15, 0.2) is 60.8 Å². The zero-order chi connectivity index (χ0) is 15.5. The van der Waals surface area contributed by atoms with E-state index in [1.807, 2.05) is 49.5 Å². The summed E-state index contributed by atoms with van der Waals surface area (Å²) in [6.07, 6.45) is 1.76. The largest absolute Gasteiger partial charge is 0.337 e. The van der Waals surface area contributed by atoms with Crippen molar-refractivity contribution >= 4 is 16.8 Å². The summed E-state index contributed by atoms with van der Waals surface area (Å²) in [5.41, 5.74) is 3.96. The molecule has 0 spiro atoms. The van der Waals surface area contributed by atoms with E-state index < -0.39 is 0 Å². The van der Waals surface area contributed by atoms with Gasteiger partial charge in [0.1, 0.15) is 0 Å². The Balaban J connectivity index is 1.84. The molecular formula is C19H18N2O. The Labute approximate surface area is 130 Å². The minimum absolute atomic E-state index is 0.0222. The summed E-state index contributed by atoms with van der Waals surface area (Å²) in [7, 11) is 1.84. The monoisotopic (exact) mass is 290 g/mol.